The predicted molar refractivity (Wildman–Crippen MR) is 85.1 cm³/mol. The number of carbonyl (C=O) groups is 1. The van der Waals surface area contributed by atoms with E-state index < -0.39 is 0 Å². The Morgan fingerprint density at radius 2 is 2.30 bits per heavy atom. The first-order chi connectivity index (χ1) is 9.58. The van der Waals surface area contributed by atoms with Crippen LogP contribution in [0.5, 0.6) is 0 Å². The molecule has 0 radical (unpaired) electrons. The molecule has 0 saturated carbocycles. The monoisotopic (exact) mass is 292 g/mol. The summed E-state index contributed by atoms with van der Waals surface area (Å²) in [6.45, 7) is 4.04. The van der Waals surface area contributed by atoms with E-state index in [9.17, 15) is 4.79 Å². The van der Waals surface area contributed by atoms with Crippen LogP contribution in [0, 0.1) is 0 Å². The third-order valence-electron chi connectivity index (χ3n) is 3.14. The van der Waals surface area contributed by atoms with Gasteiger partial charge in [0.15, 0.2) is 5.13 Å². The molecule has 0 atom stereocenters. The average Bonchev–Trinajstić information content (AvgIpc) is 2.79. The van der Waals surface area contributed by atoms with Gasteiger partial charge in [0.1, 0.15) is 0 Å². The zero-order chi connectivity index (χ0) is 14.5. The highest BCUT2D eigenvalue weighted by molar-refractivity contribution is 7.22. The molecule has 20 heavy (non-hydrogen) atoms. The highest BCUT2D eigenvalue weighted by Crippen LogP contribution is 2.27. The smallest absolute Gasteiger partial charge is 0.226 e. The number of benzene rings is 1. The summed E-state index contributed by atoms with van der Waals surface area (Å²) >= 11 is 1.45. The zero-order valence-electron chi connectivity index (χ0n) is 11.8. The lowest BCUT2D eigenvalue weighted by Crippen LogP contribution is -2.20. The second kappa shape index (κ2) is 6.67. The number of anilines is 2. The molecular weight excluding hydrogens is 272 g/mol. The van der Waals surface area contributed by atoms with Gasteiger partial charge < -0.3 is 16.0 Å². The van der Waals surface area contributed by atoms with Gasteiger partial charge in [0.25, 0.3) is 0 Å². The van der Waals surface area contributed by atoms with Crippen molar-refractivity contribution < 1.29 is 4.79 Å². The van der Waals surface area contributed by atoms with Gasteiger partial charge in [0.2, 0.25) is 5.91 Å². The maximum Gasteiger partial charge on any atom is 0.226 e. The highest BCUT2D eigenvalue weighted by Gasteiger charge is 2.08. The normalized spacial score (nSPS) is 11.2. The van der Waals surface area contributed by atoms with Crippen LogP contribution in [0.3, 0.4) is 0 Å². The van der Waals surface area contributed by atoms with Gasteiger partial charge in [-0.05, 0) is 44.8 Å². The molecule has 108 valence electrons. The first-order valence-corrected chi connectivity index (χ1v) is 7.54. The number of amides is 1. The second-order valence-electron chi connectivity index (χ2n) is 4.79. The molecule has 1 heterocycles. The van der Waals surface area contributed by atoms with E-state index in [-0.39, 0.29) is 5.91 Å². The van der Waals surface area contributed by atoms with Gasteiger partial charge in [-0.15, -0.1) is 0 Å². The molecule has 1 amide bonds. The van der Waals surface area contributed by atoms with Crippen LogP contribution in [0.2, 0.25) is 0 Å². The van der Waals surface area contributed by atoms with E-state index in [2.05, 4.69) is 29.2 Å². The van der Waals surface area contributed by atoms with Crippen molar-refractivity contribution in [3.05, 3.63) is 18.2 Å². The molecule has 6 heteroatoms. The number of thiazole rings is 1. The van der Waals surface area contributed by atoms with Crippen molar-refractivity contribution in [1.82, 2.24) is 9.88 Å². The lowest BCUT2D eigenvalue weighted by atomic mass is 10.3. The third kappa shape index (κ3) is 3.91. The molecule has 3 N–H and O–H groups in total. The van der Waals surface area contributed by atoms with Crippen LogP contribution in [0.4, 0.5) is 10.8 Å². The van der Waals surface area contributed by atoms with E-state index >= 15 is 0 Å². The fraction of sp³-hybridized carbons (Fsp3) is 0.429. The summed E-state index contributed by atoms with van der Waals surface area (Å²) in [6.07, 6.45) is 1.37. The van der Waals surface area contributed by atoms with Crippen LogP contribution in [0.1, 0.15) is 19.8 Å². The molecule has 1 aromatic heterocycles. The molecule has 2 aromatic rings. The molecule has 0 aliphatic heterocycles. The number of nitrogen functional groups attached to an aromatic ring is 1. The van der Waals surface area contributed by atoms with Crippen molar-refractivity contribution in [2.45, 2.75) is 19.8 Å². The van der Waals surface area contributed by atoms with Gasteiger partial charge >= 0.3 is 0 Å². The zero-order valence-corrected chi connectivity index (χ0v) is 12.7. The van der Waals surface area contributed by atoms with Crippen molar-refractivity contribution >= 4 is 38.3 Å². The van der Waals surface area contributed by atoms with Crippen molar-refractivity contribution in [2.75, 3.05) is 31.2 Å². The number of nitrogens with zero attached hydrogens (tertiary/aromatic N) is 2. The Morgan fingerprint density at radius 3 is 3.05 bits per heavy atom. The molecule has 0 aliphatic rings. The van der Waals surface area contributed by atoms with E-state index in [1.165, 1.54) is 11.3 Å². The van der Waals surface area contributed by atoms with Crippen LogP contribution < -0.4 is 11.1 Å². The Labute approximate surface area is 122 Å². The summed E-state index contributed by atoms with van der Waals surface area (Å²) in [4.78, 5) is 18.4. The number of fused-ring (bicyclic) bond motifs is 1. The topological polar surface area (TPSA) is 71.2 Å². The van der Waals surface area contributed by atoms with Crippen LogP contribution in [-0.4, -0.2) is 35.9 Å². The average molecular weight is 292 g/mol. The number of nitrogens with two attached hydrogens (primary N) is 1. The molecule has 0 bridgehead atoms. The van der Waals surface area contributed by atoms with Crippen molar-refractivity contribution in [3.63, 3.8) is 0 Å². The minimum absolute atomic E-state index is 0.0153. The summed E-state index contributed by atoms with van der Waals surface area (Å²) < 4.78 is 0.992. The Kier molecular flexibility index (Phi) is 4.92. The summed E-state index contributed by atoms with van der Waals surface area (Å²) in [6, 6.07) is 5.56. The standard InChI is InChI=1S/C14H20N4OS/c1-3-18(2)8-4-5-13(19)17-14-16-11-7-6-10(15)9-12(11)20-14/h6-7,9H,3-5,8,15H2,1-2H3,(H,16,17,19). The van der Waals surface area contributed by atoms with Crippen molar-refractivity contribution in [2.24, 2.45) is 0 Å². The molecule has 0 fully saturated rings. The first-order valence-electron chi connectivity index (χ1n) is 6.73. The van der Waals surface area contributed by atoms with E-state index in [0.717, 1.165) is 29.7 Å². The van der Waals surface area contributed by atoms with Gasteiger partial charge in [-0.1, -0.05) is 18.3 Å². The summed E-state index contributed by atoms with van der Waals surface area (Å²) in [5, 5.41) is 3.49. The second-order valence-corrected chi connectivity index (χ2v) is 5.82. The van der Waals surface area contributed by atoms with E-state index in [1.807, 2.05) is 18.2 Å². The predicted octanol–water partition coefficient (Wildman–Crippen LogP) is 2.55. The quantitative estimate of drug-likeness (QED) is 0.803. The number of nitrogens with one attached hydrogen (secondary N) is 1. The molecule has 0 aliphatic carbocycles. The maximum atomic E-state index is 11.8. The summed E-state index contributed by atoms with van der Waals surface area (Å²) in [5.74, 6) is 0.0153. The number of hydrogen-bond donors (Lipinski definition) is 2. The van der Waals surface area contributed by atoms with E-state index in [0.29, 0.717) is 17.2 Å². The number of hydrogen-bond acceptors (Lipinski definition) is 5. The van der Waals surface area contributed by atoms with Gasteiger partial charge in [0, 0.05) is 12.1 Å². The third-order valence-corrected chi connectivity index (χ3v) is 4.08. The van der Waals surface area contributed by atoms with Gasteiger partial charge in [-0.2, -0.15) is 0 Å². The maximum absolute atomic E-state index is 11.8. The Hall–Kier alpha value is -1.66. The molecule has 5 nitrogen and oxygen atoms in total. The molecule has 0 saturated heterocycles. The minimum Gasteiger partial charge on any atom is -0.399 e. The van der Waals surface area contributed by atoms with E-state index in [1.54, 1.807) is 0 Å². The SMILES string of the molecule is CCN(C)CCCC(=O)Nc1nc2ccc(N)cc2s1. The molecular formula is C14H20N4OS. The van der Waals surface area contributed by atoms with E-state index in [4.69, 9.17) is 5.73 Å². The van der Waals surface area contributed by atoms with Crippen molar-refractivity contribution in [3.8, 4) is 0 Å². The van der Waals surface area contributed by atoms with Gasteiger partial charge in [-0.25, -0.2) is 4.98 Å². The lowest BCUT2D eigenvalue weighted by Gasteiger charge is -2.12. The molecule has 2 rings (SSSR count). The largest absolute Gasteiger partial charge is 0.399 e. The first kappa shape index (κ1) is 14.7. The number of aromatic nitrogens is 1. The summed E-state index contributed by atoms with van der Waals surface area (Å²) in [5.41, 5.74) is 7.30. The highest BCUT2D eigenvalue weighted by atomic mass is 32.1. The van der Waals surface area contributed by atoms with Gasteiger partial charge in [-0.3, -0.25) is 4.79 Å². The van der Waals surface area contributed by atoms with Crippen LogP contribution >= 0.6 is 11.3 Å². The Morgan fingerprint density at radius 1 is 1.50 bits per heavy atom. The van der Waals surface area contributed by atoms with Gasteiger partial charge in [0.05, 0.1) is 10.2 Å². The molecule has 0 unspecified atom stereocenters. The minimum atomic E-state index is 0.0153. The Balaban J connectivity index is 1.89. The van der Waals surface area contributed by atoms with Crippen LogP contribution in [-0.2, 0) is 4.79 Å². The number of rotatable bonds is 6. The molecule has 1 aromatic carbocycles. The number of carbonyl (C=O) groups excluding carboxylic acids is 1. The Bertz CT molecular complexity index is 596. The fourth-order valence-corrected chi connectivity index (χ4v) is 2.77. The molecule has 0 spiro atoms. The van der Waals surface area contributed by atoms with Crippen molar-refractivity contribution in [1.29, 1.82) is 0 Å². The summed E-state index contributed by atoms with van der Waals surface area (Å²) in [7, 11) is 2.05. The van der Waals surface area contributed by atoms with Crippen LogP contribution in [0.15, 0.2) is 18.2 Å². The van der Waals surface area contributed by atoms with Crippen LogP contribution in [0.25, 0.3) is 10.2 Å². The fourth-order valence-electron chi connectivity index (χ4n) is 1.84. The lowest BCUT2D eigenvalue weighted by molar-refractivity contribution is -0.116.